The Morgan fingerprint density at radius 3 is 2.54 bits per heavy atom. The van der Waals surface area contributed by atoms with E-state index in [1.54, 1.807) is 17.4 Å². The van der Waals surface area contributed by atoms with Gasteiger partial charge >= 0.3 is 0 Å². The fourth-order valence-electron chi connectivity index (χ4n) is 2.69. The normalized spacial score (nSPS) is 11.0. The molecular weight excluding hydrogens is 316 g/mol. The van der Waals surface area contributed by atoms with Gasteiger partial charge in [-0.3, -0.25) is 0 Å². The molecule has 0 aliphatic rings. The summed E-state index contributed by atoms with van der Waals surface area (Å²) in [6.07, 6.45) is 0. The van der Waals surface area contributed by atoms with Gasteiger partial charge in [-0.15, -0.1) is 11.3 Å². The van der Waals surface area contributed by atoms with Crippen LogP contribution >= 0.6 is 11.3 Å². The molecule has 0 spiro atoms. The fraction of sp³-hybridized carbons (Fsp3) is 0.250. The number of benzene rings is 1. The van der Waals surface area contributed by atoms with E-state index in [1.807, 2.05) is 19.1 Å². The van der Waals surface area contributed by atoms with Crippen LogP contribution in [0.15, 0.2) is 41.8 Å². The summed E-state index contributed by atoms with van der Waals surface area (Å²) < 4.78 is 0. The average Bonchev–Trinajstić information content (AvgIpc) is 2.95. The molecule has 1 aromatic carbocycles. The molecule has 2 aromatic heterocycles. The van der Waals surface area contributed by atoms with Gasteiger partial charge in [0.1, 0.15) is 11.6 Å². The van der Waals surface area contributed by atoms with Gasteiger partial charge in [-0.1, -0.05) is 11.6 Å². The van der Waals surface area contributed by atoms with Crippen LogP contribution in [0, 0.1) is 13.8 Å². The molecule has 0 amide bonds. The van der Waals surface area contributed by atoms with Crippen molar-refractivity contribution in [1.82, 2.24) is 4.98 Å². The van der Waals surface area contributed by atoms with Crippen molar-refractivity contribution >= 4 is 17.2 Å². The van der Waals surface area contributed by atoms with Crippen molar-refractivity contribution in [3.05, 3.63) is 52.9 Å². The van der Waals surface area contributed by atoms with E-state index in [0.717, 1.165) is 28.2 Å². The van der Waals surface area contributed by atoms with Crippen molar-refractivity contribution < 1.29 is 5.11 Å². The largest absolute Gasteiger partial charge is 0.507 e. The number of phenols is 1. The molecular formula is C20H22N2OS. The van der Waals surface area contributed by atoms with Crippen LogP contribution in [0.25, 0.3) is 21.7 Å². The molecule has 0 fully saturated rings. The maximum atomic E-state index is 10.3. The minimum atomic E-state index is 0.253. The molecule has 0 saturated heterocycles. The standard InChI is InChI=1S/C20H22N2OS/c1-12(2)21-19-11-15(20-14(4)7-8-24-20)10-17(22-19)16-9-13(3)5-6-18(16)23/h5-12,23H,1-4H3,(H,21,22). The van der Waals surface area contributed by atoms with Crippen LogP contribution in [0.1, 0.15) is 25.0 Å². The Morgan fingerprint density at radius 1 is 1.08 bits per heavy atom. The van der Waals surface area contributed by atoms with Crippen molar-refractivity contribution in [3.63, 3.8) is 0 Å². The van der Waals surface area contributed by atoms with Crippen LogP contribution in [-0.2, 0) is 0 Å². The van der Waals surface area contributed by atoms with Gasteiger partial charge in [0, 0.05) is 16.5 Å². The Bertz CT molecular complexity index is 868. The highest BCUT2D eigenvalue weighted by molar-refractivity contribution is 7.13. The first-order valence-electron chi connectivity index (χ1n) is 8.07. The second kappa shape index (κ2) is 6.65. The number of pyridine rings is 1. The predicted octanol–water partition coefficient (Wildman–Crippen LogP) is 5.62. The monoisotopic (exact) mass is 338 g/mol. The Kier molecular flexibility index (Phi) is 4.58. The topological polar surface area (TPSA) is 45.1 Å². The minimum absolute atomic E-state index is 0.253. The lowest BCUT2D eigenvalue weighted by Gasteiger charge is -2.14. The number of thiophene rings is 1. The van der Waals surface area contributed by atoms with Gasteiger partial charge in [-0.05, 0) is 74.5 Å². The molecule has 0 bridgehead atoms. The molecule has 2 heterocycles. The van der Waals surface area contributed by atoms with Crippen molar-refractivity contribution in [2.45, 2.75) is 33.7 Å². The third kappa shape index (κ3) is 3.44. The van der Waals surface area contributed by atoms with Crippen molar-refractivity contribution in [1.29, 1.82) is 0 Å². The third-order valence-electron chi connectivity index (χ3n) is 3.81. The van der Waals surface area contributed by atoms with E-state index < -0.39 is 0 Å². The molecule has 0 radical (unpaired) electrons. The minimum Gasteiger partial charge on any atom is -0.507 e. The van der Waals surface area contributed by atoms with E-state index in [2.05, 4.69) is 49.7 Å². The number of aryl methyl sites for hydroxylation is 2. The van der Waals surface area contributed by atoms with Crippen LogP contribution in [0.4, 0.5) is 5.82 Å². The molecule has 124 valence electrons. The van der Waals surface area contributed by atoms with E-state index in [4.69, 9.17) is 4.98 Å². The molecule has 0 atom stereocenters. The Hall–Kier alpha value is -2.33. The lowest BCUT2D eigenvalue weighted by molar-refractivity contribution is 0.477. The maximum absolute atomic E-state index is 10.3. The van der Waals surface area contributed by atoms with Crippen LogP contribution in [0.3, 0.4) is 0 Å². The summed E-state index contributed by atoms with van der Waals surface area (Å²) in [6, 6.07) is 12.1. The number of hydrogen-bond acceptors (Lipinski definition) is 4. The number of anilines is 1. The first-order chi connectivity index (χ1) is 11.4. The molecule has 2 N–H and O–H groups in total. The molecule has 3 nitrogen and oxygen atoms in total. The molecule has 0 saturated carbocycles. The zero-order valence-electron chi connectivity index (χ0n) is 14.4. The van der Waals surface area contributed by atoms with Gasteiger partial charge in [0.05, 0.1) is 5.69 Å². The van der Waals surface area contributed by atoms with Crippen molar-refractivity contribution in [3.8, 4) is 27.4 Å². The second-order valence-electron chi connectivity index (χ2n) is 6.38. The lowest BCUT2D eigenvalue weighted by atomic mass is 10.0. The number of hydrogen-bond donors (Lipinski definition) is 2. The number of aromatic hydroxyl groups is 1. The molecule has 24 heavy (non-hydrogen) atoms. The predicted molar refractivity (Wildman–Crippen MR) is 103 cm³/mol. The van der Waals surface area contributed by atoms with Crippen molar-refractivity contribution in [2.75, 3.05) is 5.32 Å². The van der Waals surface area contributed by atoms with Crippen LogP contribution in [0.2, 0.25) is 0 Å². The summed E-state index contributed by atoms with van der Waals surface area (Å²) >= 11 is 1.72. The second-order valence-corrected chi connectivity index (χ2v) is 7.29. The molecule has 0 aliphatic carbocycles. The zero-order valence-corrected chi connectivity index (χ0v) is 15.2. The van der Waals surface area contributed by atoms with Gasteiger partial charge in [0.15, 0.2) is 0 Å². The van der Waals surface area contributed by atoms with E-state index in [9.17, 15) is 5.11 Å². The molecule has 0 aliphatic heterocycles. The summed E-state index contributed by atoms with van der Waals surface area (Å²) in [5.41, 5.74) is 5.01. The summed E-state index contributed by atoms with van der Waals surface area (Å²) in [6.45, 7) is 8.32. The molecule has 4 heteroatoms. The van der Waals surface area contributed by atoms with Gasteiger partial charge in [0.25, 0.3) is 0 Å². The number of nitrogens with one attached hydrogen (secondary N) is 1. The number of nitrogens with zero attached hydrogens (tertiary/aromatic N) is 1. The highest BCUT2D eigenvalue weighted by Gasteiger charge is 2.13. The van der Waals surface area contributed by atoms with Crippen LogP contribution in [0.5, 0.6) is 5.75 Å². The third-order valence-corrected chi connectivity index (χ3v) is 4.88. The molecule has 3 rings (SSSR count). The average molecular weight is 338 g/mol. The smallest absolute Gasteiger partial charge is 0.127 e. The highest BCUT2D eigenvalue weighted by Crippen LogP contribution is 2.36. The Morgan fingerprint density at radius 2 is 1.88 bits per heavy atom. The fourth-order valence-corrected chi connectivity index (χ4v) is 3.61. The van der Waals surface area contributed by atoms with Gasteiger partial charge in [0.2, 0.25) is 0 Å². The lowest BCUT2D eigenvalue weighted by Crippen LogP contribution is -2.11. The van der Waals surface area contributed by atoms with Gasteiger partial charge in [-0.2, -0.15) is 0 Å². The van der Waals surface area contributed by atoms with Crippen LogP contribution < -0.4 is 5.32 Å². The molecule has 0 unspecified atom stereocenters. The maximum Gasteiger partial charge on any atom is 0.127 e. The first-order valence-corrected chi connectivity index (χ1v) is 8.95. The summed E-state index contributed by atoms with van der Waals surface area (Å²) in [7, 11) is 0. The van der Waals surface area contributed by atoms with Crippen molar-refractivity contribution in [2.24, 2.45) is 0 Å². The molecule has 3 aromatic rings. The summed E-state index contributed by atoms with van der Waals surface area (Å²) in [5, 5.41) is 15.8. The van der Waals surface area contributed by atoms with E-state index in [1.165, 1.54) is 10.4 Å². The number of rotatable bonds is 4. The van der Waals surface area contributed by atoms with Gasteiger partial charge < -0.3 is 10.4 Å². The summed E-state index contributed by atoms with van der Waals surface area (Å²) in [5.74, 6) is 1.08. The van der Waals surface area contributed by atoms with E-state index >= 15 is 0 Å². The zero-order chi connectivity index (χ0) is 17.3. The van der Waals surface area contributed by atoms with E-state index in [-0.39, 0.29) is 11.8 Å². The summed E-state index contributed by atoms with van der Waals surface area (Å²) in [4.78, 5) is 5.95. The van der Waals surface area contributed by atoms with Gasteiger partial charge in [-0.25, -0.2) is 4.98 Å². The SMILES string of the molecule is Cc1ccc(O)c(-c2cc(-c3sccc3C)cc(NC(C)C)n2)c1. The highest BCUT2D eigenvalue weighted by atomic mass is 32.1. The Balaban J connectivity index is 2.18. The number of aromatic nitrogens is 1. The van der Waals surface area contributed by atoms with E-state index in [0.29, 0.717) is 0 Å². The number of phenolic OH excluding ortho intramolecular Hbond substituents is 1. The first kappa shape index (κ1) is 16.5. The Labute approximate surface area is 147 Å². The quantitative estimate of drug-likeness (QED) is 0.649. The van der Waals surface area contributed by atoms with Crippen LogP contribution in [-0.4, -0.2) is 16.1 Å².